The van der Waals surface area contributed by atoms with E-state index in [1.54, 1.807) is 34.4 Å². The molecule has 1 saturated heterocycles. The van der Waals surface area contributed by atoms with Crippen molar-refractivity contribution in [2.45, 2.75) is 25.7 Å². The van der Waals surface area contributed by atoms with Crippen LogP contribution in [0.2, 0.25) is 0 Å². The number of halogens is 1. The Bertz CT molecular complexity index is 748. The minimum atomic E-state index is -0.262. The molecule has 138 valence electrons. The molecule has 1 aliphatic heterocycles. The first-order chi connectivity index (χ1) is 12.6. The Labute approximate surface area is 157 Å². The number of carbonyl (C=O) groups is 2. The van der Waals surface area contributed by atoms with Gasteiger partial charge >= 0.3 is 0 Å². The zero-order valence-corrected chi connectivity index (χ0v) is 15.5. The number of carbonyl (C=O) groups excluding carboxylic acids is 2. The fourth-order valence-electron chi connectivity index (χ4n) is 3.19. The summed E-state index contributed by atoms with van der Waals surface area (Å²) < 4.78 is 13.7. The van der Waals surface area contributed by atoms with Gasteiger partial charge in [0.05, 0.1) is 6.42 Å². The molecular weight excluding hydrogens is 351 g/mol. The maximum absolute atomic E-state index is 13.7. The van der Waals surface area contributed by atoms with Crippen LogP contribution >= 0.6 is 11.3 Å². The smallest absolute Gasteiger partial charge is 0.227 e. The third-order valence-electron chi connectivity index (χ3n) is 4.67. The van der Waals surface area contributed by atoms with Crippen LogP contribution in [0.4, 0.5) is 4.39 Å². The van der Waals surface area contributed by atoms with E-state index < -0.39 is 0 Å². The molecule has 4 nitrogen and oxygen atoms in total. The molecule has 26 heavy (non-hydrogen) atoms. The average molecular weight is 374 g/mol. The van der Waals surface area contributed by atoms with E-state index in [1.807, 2.05) is 22.4 Å². The first kappa shape index (κ1) is 18.6. The van der Waals surface area contributed by atoms with Crippen LogP contribution in [0.1, 0.15) is 23.3 Å². The van der Waals surface area contributed by atoms with Crippen LogP contribution in [0.25, 0.3) is 0 Å². The van der Waals surface area contributed by atoms with Crippen LogP contribution in [-0.4, -0.2) is 47.8 Å². The lowest BCUT2D eigenvalue weighted by Gasteiger charge is -2.22. The summed E-state index contributed by atoms with van der Waals surface area (Å²) in [5.74, 6) is -0.115. The Morgan fingerprint density at radius 3 is 2.38 bits per heavy atom. The van der Waals surface area contributed by atoms with Crippen LogP contribution in [0.5, 0.6) is 0 Å². The number of rotatable bonds is 5. The van der Waals surface area contributed by atoms with Crippen molar-refractivity contribution in [1.29, 1.82) is 0 Å². The molecule has 0 unspecified atom stereocenters. The number of amides is 2. The average Bonchev–Trinajstić information content (AvgIpc) is 3.02. The fourth-order valence-corrected chi connectivity index (χ4v) is 3.89. The van der Waals surface area contributed by atoms with Crippen molar-refractivity contribution in [1.82, 2.24) is 9.80 Å². The number of nitrogens with zero attached hydrogens (tertiary/aromatic N) is 2. The second-order valence-electron chi connectivity index (χ2n) is 6.46. The van der Waals surface area contributed by atoms with Gasteiger partial charge in [0.1, 0.15) is 5.82 Å². The summed E-state index contributed by atoms with van der Waals surface area (Å²) in [5.41, 5.74) is 0.573. The molecule has 0 radical (unpaired) electrons. The molecule has 2 heterocycles. The van der Waals surface area contributed by atoms with Crippen molar-refractivity contribution in [3.63, 3.8) is 0 Å². The summed E-state index contributed by atoms with van der Waals surface area (Å²) in [6.07, 6.45) is 1.91. The van der Waals surface area contributed by atoms with Gasteiger partial charge in [-0.1, -0.05) is 24.3 Å². The molecule has 0 N–H and O–H groups in total. The first-order valence-corrected chi connectivity index (χ1v) is 9.83. The molecule has 0 bridgehead atoms. The maximum Gasteiger partial charge on any atom is 0.227 e. The van der Waals surface area contributed by atoms with E-state index in [4.69, 9.17) is 0 Å². The van der Waals surface area contributed by atoms with Gasteiger partial charge in [0.2, 0.25) is 11.8 Å². The summed E-state index contributed by atoms with van der Waals surface area (Å²) in [6, 6.07) is 10.5. The summed E-state index contributed by atoms with van der Waals surface area (Å²) in [5, 5.41) is 1.97. The molecule has 0 aliphatic carbocycles. The topological polar surface area (TPSA) is 40.6 Å². The highest BCUT2D eigenvalue weighted by molar-refractivity contribution is 7.10. The first-order valence-electron chi connectivity index (χ1n) is 8.95. The lowest BCUT2D eigenvalue weighted by Crippen LogP contribution is -2.38. The monoisotopic (exact) mass is 374 g/mol. The summed E-state index contributed by atoms with van der Waals surface area (Å²) in [4.78, 5) is 29.6. The van der Waals surface area contributed by atoms with Crippen LogP contribution in [0, 0.1) is 5.82 Å². The second kappa shape index (κ2) is 8.94. The van der Waals surface area contributed by atoms with Gasteiger partial charge in [-0.25, -0.2) is 4.39 Å². The highest BCUT2D eigenvalue weighted by Gasteiger charge is 2.22. The van der Waals surface area contributed by atoms with E-state index in [0.717, 1.165) is 11.3 Å². The molecular formula is C20H23FN2O2S. The molecule has 0 saturated carbocycles. The fraction of sp³-hybridized carbons (Fsp3) is 0.400. The molecule has 1 aromatic carbocycles. The van der Waals surface area contributed by atoms with E-state index in [2.05, 4.69) is 0 Å². The van der Waals surface area contributed by atoms with Crippen molar-refractivity contribution < 1.29 is 14.0 Å². The lowest BCUT2D eigenvalue weighted by molar-refractivity contribution is -0.133. The van der Waals surface area contributed by atoms with E-state index >= 15 is 0 Å². The Balaban J connectivity index is 1.49. The molecule has 0 spiro atoms. The van der Waals surface area contributed by atoms with Gasteiger partial charge in [-0.2, -0.15) is 0 Å². The molecule has 6 heteroatoms. The van der Waals surface area contributed by atoms with E-state index in [9.17, 15) is 14.0 Å². The normalized spacial score (nSPS) is 15.0. The zero-order chi connectivity index (χ0) is 18.4. The van der Waals surface area contributed by atoms with Crippen molar-refractivity contribution in [2.75, 3.05) is 26.2 Å². The molecule has 1 aromatic heterocycles. The molecule has 2 amide bonds. The van der Waals surface area contributed by atoms with Gasteiger partial charge in [0, 0.05) is 37.5 Å². The summed E-state index contributed by atoms with van der Waals surface area (Å²) in [6.45, 7) is 2.45. The van der Waals surface area contributed by atoms with Crippen molar-refractivity contribution in [3.8, 4) is 0 Å². The van der Waals surface area contributed by atoms with Crippen molar-refractivity contribution in [3.05, 3.63) is 58.0 Å². The lowest BCUT2D eigenvalue weighted by atomic mass is 10.1. The number of thiophene rings is 1. The third-order valence-corrected chi connectivity index (χ3v) is 5.55. The van der Waals surface area contributed by atoms with Gasteiger partial charge in [0.15, 0.2) is 0 Å². The number of hydrogen-bond donors (Lipinski definition) is 0. The van der Waals surface area contributed by atoms with Crippen molar-refractivity contribution in [2.24, 2.45) is 0 Å². The standard InChI is InChI=1S/C20H23FN2O2S/c21-18-7-2-1-5-16(18)8-9-19(24)22-10-4-11-23(13-12-22)20(25)15-17-6-3-14-26-17/h1-3,5-7,14H,4,8-13,15H2. The quantitative estimate of drug-likeness (QED) is 0.807. The molecule has 0 atom stereocenters. The third kappa shape index (κ3) is 4.91. The van der Waals surface area contributed by atoms with Crippen LogP contribution < -0.4 is 0 Å². The van der Waals surface area contributed by atoms with Gasteiger partial charge in [-0.05, 0) is 35.9 Å². The number of benzene rings is 1. The SMILES string of the molecule is O=C(CCc1ccccc1F)N1CCCN(C(=O)Cc2cccs2)CC1. The van der Waals surface area contributed by atoms with Gasteiger partial charge < -0.3 is 9.80 Å². The number of hydrogen-bond acceptors (Lipinski definition) is 3. The molecule has 3 rings (SSSR count). The summed E-state index contributed by atoms with van der Waals surface area (Å²) in [7, 11) is 0. The van der Waals surface area contributed by atoms with E-state index in [-0.39, 0.29) is 17.6 Å². The zero-order valence-electron chi connectivity index (χ0n) is 14.7. The van der Waals surface area contributed by atoms with Crippen LogP contribution in [-0.2, 0) is 22.4 Å². The van der Waals surface area contributed by atoms with Gasteiger partial charge in [0.25, 0.3) is 0 Å². The largest absolute Gasteiger partial charge is 0.341 e. The Morgan fingerprint density at radius 2 is 1.69 bits per heavy atom. The Hall–Kier alpha value is -2.21. The predicted octanol–water partition coefficient (Wildman–Crippen LogP) is 3.12. The second-order valence-corrected chi connectivity index (χ2v) is 7.49. The molecule has 2 aromatic rings. The molecule has 1 fully saturated rings. The van der Waals surface area contributed by atoms with E-state index in [1.165, 1.54) is 6.07 Å². The minimum Gasteiger partial charge on any atom is -0.341 e. The highest BCUT2D eigenvalue weighted by atomic mass is 32.1. The number of aryl methyl sites for hydroxylation is 1. The van der Waals surface area contributed by atoms with Gasteiger partial charge in [-0.3, -0.25) is 9.59 Å². The molecule has 1 aliphatic rings. The van der Waals surface area contributed by atoms with E-state index in [0.29, 0.717) is 51.0 Å². The minimum absolute atomic E-state index is 0.0285. The predicted molar refractivity (Wildman–Crippen MR) is 101 cm³/mol. The van der Waals surface area contributed by atoms with Gasteiger partial charge in [-0.15, -0.1) is 11.3 Å². The maximum atomic E-state index is 13.7. The summed E-state index contributed by atoms with van der Waals surface area (Å²) >= 11 is 1.59. The van der Waals surface area contributed by atoms with Crippen molar-refractivity contribution >= 4 is 23.2 Å². The van der Waals surface area contributed by atoms with Crippen LogP contribution in [0.3, 0.4) is 0 Å². The van der Waals surface area contributed by atoms with Crippen LogP contribution in [0.15, 0.2) is 41.8 Å². The Morgan fingerprint density at radius 1 is 0.962 bits per heavy atom. The highest BCUT2D eigenvalue weighted by Crippen LogP contribution is 2.14. The Kier molecular flexibility index (Phi) is 6.39.